The molecule has 0 saturated heterocycles. The number of rotatable bonds is 0. The van der Waals surface area contributed by atoms with Gasteiger partial charge in [-0.1, -0.05) is 51.1 Å². The molecule has 0 bridgehead atoms. The topological polar surface area (TPSA) is 0 Å². The van der Waals surface area contributed by atoms with Gasteiger partial charge in [-0.3, -0.25) is 0 Å². The van der Waals surface area contributed by atoms with Crippen molar-refractivity contribution in [3.8, 4) is 0 Å². The van der Waals surface area contributed by atoms with Crippen molar-refractivity contribution in [2.75, 3.05) is 0 Å². The van der Waals surface area contributed by atoms with Gasteiger partial charge in [0.1, 0.15) is 0 Å². The van der Waals surface area contributed by atoms with E-state index in [1.54, 1.807) is 11.1 Å². The summed E-state index contributed by atoms with van der Waals surface area (Å²) in [7, 11) is 0. The summed E-state index contributed by atoms with van der Waals surface area (Å²) < 4.78 is 0. The van der Waals surface area contributed by atoms with Gasteiger partial charge in [0.15, 0.2) is 0 Å². The summed E-state index contributed by atoms with van der Waals surface area (Å²) >= 11 is 0. The zero-order chi connectivity index (χ0) is 10.6. The van der Waals surface area contributed by atoms with E-state index in [0.717, 1.165) is 11.8 Å². The predicted octanol–water partition coefficient (Wildman–Crippen LogP) is 4.02. The van der Waals surface area contributed by atoms with E-state index in [1.807, 2.05) is 0 Å². The van der Waals surface area contributed by atoms with Crippen LogP contribution in [0.2, 0.25) is 0 Å². The van der Waals surface area contributed by atoms with Crippen LogP contribution in [0.25, 0.3) is 5.57 Å². The fraction of sp³-hybridized carbons (Fsp3) is 0.467. The van der Waals surface area contributed by atoms with E-state index >= 15 is 0 Å². The fourth-order valence-electron chi connectivity index (χ4n) is 3.26. The molecule has 0 N–H and O–H groups in total. The number of hydrogen-bond acceptors (Lipinski definition) is 0. The molecule has 2 unspecified atom stereocenters. The molecule has 0 heterocycles. The molecule has 2 atom stereocenters. The third-order valence-electron chi connectivity index (χ3n) is 4.17. The third kappa shape index (κ3) is 1.14. The number of allylic oxidation sites excluding steroid dienone is 2. The molecule has 3 rings (SSSR count). The summed E-state index contributed by atoms with van der Waals surface area (Å²) in [5.74, 6) is 1.60. The first-order valence-electron chi connectivity index (χ1n) is 5.91. The average molecular weight is 198 g/mol. The quantitative estimate of drug-likeness (QED) is 0.590. The Morgan fingerprint density at radius 3 is 2.67 bits per heavy atom. The van der Waals surface area contributed by atoms with Gasteiger partial charge in [-0.15, -0.1) is 0 Å². The van der Waals surface area contributed by atoms with Crippen LogP contribution in [0.3, 0.4) is 0 Å². The van der Waals surface area contributed by atoms with Gasteiger partial charge in [0.2, 0.25) is 0 Å². The molecule has 2 aliphatic carbocycles. The molecule has 1 aromatic rings. The number of fused-ring (bicyclic) bond motifs is 3. The Hall–Kier alpha value is -1.04. The summed E-state index contributed by atoms with van der Waals surface area (Å²) in [6.07, 6.45) is 3.76. The molecule has 0 aliphatic heterocycles. The second kappa shape index (κ2) is 2.75. The molecule has 0 aromatic heterocycles. The Labute approximate surface area is 92.0 Å². The summed E-state index contributed by atoms with van der Waals surface area (Å²) in [4.78, 5) is 0. The monoisotopic (exact) mass is 198 g/mol. The zero-order valence-corrected chi connectivity index (χ0v) is 9.75. The van der Waals surface area contributed by atoms with Gasteiger partial charge in [0, 0.05) is 0 Å². The fourth-order valence-corrected chi connectivity index (χ4v) is 3.26. The van der Waals surface area contributed by atoms with Crippen LogP contribution >= 0.6 is 0 Å². The van der Waals surface area contributed by atoms with Crippen LogP contribution in [0, 0.1) is 11.8 Å². The molecular formula is C15H18. The smallest absolute Gasteiger partial charge is 0.00902 e. The maximum Gasteiger partial charge on any atom is -0.00902 e. The average Bonchev–Trinajstić information content (AvgIpc) is 2.22. The highest BCUT2D eigenvalue weighted by molar-refractivity contribution is 5.78. The van der Waals surface area contributed by atoms with E-state index in [9.17, 15) is 0 Å². The van der Waals surface area contributed by atoms with Gasteiger partial charge in [0.05, 0.1) is 0 Å². The molecule has 0 fully saturated rings. The highest BCUT2D eigenvalue weighted by atomic mass is 14.5. The Kier molecular flexibility index (Phi) is 1.69. The van der Waals surface area contributed by atoms with Gasteiger partial charge in [-0.05, 0) is 40.4 Å². The van der Waals surface area contributed by atoms with Crippen LogP contribution in [0.15, 0.2) is 30.3 Å². The Morgan fingerprint density at radius 2 is 1.93 bits per heavy atom. The van der Waals surface area contributed by atoms with Crippen molar-refractivity contribution in [2.45, 2.75) is 32.6 Å². The maximum atomic E-state index is 2.44. The number of hydrogen-bond donors (Lipinski definition) is 0. The van der Waals surface area contributed by atoms with Crippen molar-refractivity contribution in [3.63, 3.8) is 0 Å². The van der Waals surface area contributed by atoms with E-state index in [2.05, 4.69) is 51.1 Å². The minimum Gasteiger partial charge on any atom is -0.0770 e. The van der Waals surface area contributed by atoms with Gasteiger partial charge >= 0.3 is 0 Å². The van der Waals surface area contributed by atoms with E-state index in [0.29, 0.717) is 5.41 Å². The summed E-state index contributed by atoms with van der Waals surface area (Å²) in [6.45, 7) is 7.11. The molecular weight excluding hydrogens is 180 g/mol. The maximum absolute atomic E-state index is 2.44. The van der Waals surface area contributed by atoms with Crippen LogP contribution in [0.1, 0.15) is 38.3 Å². The normalized spacial score (nSPS) is 31.0. The van der Waals surface area contributed by atoms with Crippen LogP contribution in [-0.4, -0.2) is 0 Å². The predicted molar refractivity (Wildman–Crippen MR) is 64.7 cm³/mol. The van der Waals surface area contributed by atoms with Gasteiger partial charge in [-0.2, -0.15) is 0 Å². The molecule has 0 amide bonds. The molecule has 78 valence electrons. The molecule has 0 radical (unpaired) electrons. The van der Waals surface area contributed by atoms with Crippen molar-refractivity contribution < 1.29 is 0 Å². The largest absolute Gasteiger partial charge is 0.0770 e. The second-order valence-electron chi connectivity index (χ2n) is 5.72. The molecule has 0 saturated carbocycles. The van der Waals surface area contributed by atoms with Crippen LogP contribution in [0.4, 0.5) is 0 Å². The number of benzene rings is 1. The first-order valence-corrected chi connectivity index (χ1v) is 5.91. The molecule has 2 aliphatic rings. The lowest BCUT2D eigenvalue weighted by molar-refractivity contribution is 0.330. The third-order valence-corrected chi connectivity index (χ3v) is 4.17. The first-order chi connectivity index (χ1) is 7.09. The Bertz CT molecular complexity index is 437. The van der Waals surface area contributed by atoms with Crippen molar-refractivity contribution in [2.24, 2.45) is 11.8 Å². The lowest BCUT2D eigenvalue weighted by Gasteiger charge is -2.46. The highest BCUT2D eigenvalue weighted by Crippen LogP contribution is 2.53. The van der Waals surface area contributed by atoms with E-state index < -0.39 is 0 Å². The zero-order valence-electron chi connectivity index (χ0n) is 9.75. The van der Waals surface area contributed by atoms with Crippen molar-refractivity contribution in [1.29, 1.82) is 0 Å². The standard InChI is InChI=1S/C15H18/c1-10-8-12-11-6-4-5-7-14(11)15(2,3)9-13(10)12/h4-8,10,13H,9H2,1-3H3. The SMILES string of the molecule is CC1C=C2c3ccccc3C(C)(C)CC21. The lowest BCUT2D eigenvalue weighted by Crippen LogP contribution is -2.35. The van der Waals surface area contributed by atoms with Crippen LogP contribution in [-0.2, 0) is 5.41 Å². The first kappa shape index (κ1) is 9.21. The van der Waals surface area contributed by atoms with Crippen molar-refractivity contribution >= 4 is 5.57 Å². The molecule has 0 nitrogen and oxygen atoms in total. The van der Waals surface area contributed by atoms with Crippen LogP contribution < -0.4 is 0 Å². The summed E-state index contributed by atoms with van der Waals surface area (Å²) in [5.41, 5.74) is 5.02. The Balaban J connectivity index is 2.21. The van der Waals surface area contributed by atoms with Crippen LogP contribution in [0.5, 0.6) is 0 Å². The minimum absolute atomic E-state index is 0.354. The van der Waals surface area contributed by atoms with E-state index in [4.69, 9.17) is 0 Å². The Morgan fingerprint density at radius 1 is 1.20 bits per heavy atom. The van der Waals surface area contributed by atoms with Gasteiger partial charge in [0.25, 0.3) is 0 Å². The van der Waals surface area contributed by atoms with Crippen molar-refractivity contribution in [3.05, 3.63) is 41.5 Å². The molecule has 15 heavy (non-hydrogen) atoms. The highest BCUT2D eigenvalue weighted by Gasteiger charge is 2.41. The van der Waals surface area contributed by atoms with E-state index in [1.165, 1.54) is 12.0 Å². The minimum atomic E-state index is 0.354. The van der Waals surface area contributed by atoms with E-state index in [-0.39, 0.29) is 0 Å². The molecule has 0 heteroatoms. The summed E-state index contributed by atoms with van der Waals surface area (Å²) in [5, 5.41) is 0. The van der Waals surface area contributed by atoms with Gasteiger partial charge in [-0.25, -0.2) is 0 Å². The lowest BCUT2D eigenvalue weighted by atomic mass is 9.58. The van der Waals surface area contributed by atoms with Gasteiger partial charge < -0.3 is 0 Å². The second-order valence-corrected chi connectivity index (χ2v) is 5.72. The van der Waals surface area contributed by atoms with Crippen molar-refractivity contribution in [1.82, 2.24) is 0 Å². The molecule has 0 spiro atoms. The summed E-state index contributed by atoms with van der Waals surface area (Å²) in [6, 6.07) is 8.93. The molecule has 1 aromatic carbocycles.